The van der Waals surface area contributed by atoms with Crippen LogP contribution in [0.4, 0.5) is 4.79 Å². The van der Waals surface area contributed by atoms with Gasteiger partial charge in [0.1, 0.15) is 0 Å². The van der Waals surface area contributed by atoms with Crippen LogP contribution in [-0.4, -0.2) is 59.7 Å². The van der Waals surface area contributed by atoms with Crippen LogP contribution in [0, 0.1) is 5.92 Å². The van der Waals surface area contributed by atoms with Gasteiger partial charge in [-0.25, -0.2) is 4.79 Å². The molecule has 0 radical (unpaired) electrons. The first-order valence-electron chi connectivity index (χ1n) is 7.74. The van der Waals surface area contributed by atoms with E-state index >= 15 is 0 Å². The zero-order chi connectivity index (χ0) is 17.5. The Morgan fingerprint density at radius 3 is 2.62 bits per heavy atom. The van der Waals surface area contributed by atoms with Crippen molar-refractivity contribution < 1.29 is 24.4 Å². The molecule has 2 amide bonds. The first-order chi connectivity index (χ1) is 11.5. The zero-order valence-electron chi connectivity index (χ0n) is 13.3. The molecule has 0 aromatic heterocycles. The Morgan fingerprint density at radius 2 is 2.04 bits per heavy atom. The van der Waals surface area contributed by atoms with Crippen molar-refractivity contribution in [3.05, 3.63) is 48.6 Å². The van der Waals surface area contributed by atoms with E-state index in [0.29, 0.717) is 13.1 Å². The standard InChI is InChI=1S/C16H21BN2O5/c1-2-15(20)19-9-13(10-19)11-24-16(21)18-14(17(22)23)8-12-6-4-3-5-7-12/h2-7,13-14,22-23H,1,8-11H2,(H,18,21). The van der Waals surface area contributed by atoms with E-state index in [0.717, 1.165) is 5.56 Å². The second-order valence-electron chi connectivity index (χ2n) is 5.77. The van der Waals surface area contributed by atoms with Gasteiger partial charge in [0.15, 0.2) is 0 Å². The van der Waals surface area contributed by atoms with Gasteiger partial charge >= 0.3 is 13.2 Å². The summed E-state index contributed by atoms with van der Waals surface area (Å²) in [6.07, 6.45) is 0.816. The molecule has 1 saturated heterocycles. The lowest BCUT2D eigenvalue weighted by molar-refractivity contribution is -0.132. The summed E-state index contributed by atoms with van der Waals surface area (Å²) < 4.78 is 5.09. The number of alkyl carbamates (subject to hydrolysis) is 1. The molecule has 2 rings (SSSR count). The lowest BCUT2D eigenvalue weighted by Crippen LogP contribution is -2.52. The molecule has 0 bridgehead atoms. The number of nitrogens with one attached hydrogen (secondary N) is 1. The third-order valence-corrected chi connectivity index (χ3v) is 3.86. The Bertz CT molecular complexity index is 575. The topological polar surface area (TPSA) is 99.1 Å². The van der Waals surface area contributed by atoms with E-state index in [-0.39, 0.29) is 24.9 Å². The number of hydrogen-bond donors (Lipinski definition) is 3. The molecule has 1 aromatic carbocycles. The van der Waals surface area contributed by atoms with Crippen molar-refractivity contribution in [3.63, 3.8) is 0 Å². The highest BCUT2D eigenvalue weighted by atomic mass is 16.5. The zero-order valence-corrected chi connectivity index (χ0v) is 13.3. The summed E-state index contributed by atoms with van der Waals surface area (Å²) in [5.41, 5.74) is 0.869. The molecular formula is C16H21BN2O5. The van der Waals surface area contributed by atoms with Gasteiger partial charge in [-0.05, 0) is 18.1 Å². The van der Waals surface area contributed by atoms with Crippen LogP contribution in [-0.2, 0) is 16.0 Å². The maximum Gasteiger partial charge on any atom is 0.475 e. The first-order valence-corrected chi connectivity index (χ1v) is 7.74. The molecule has 24 heavy (non-hydrogen) atoms. The van der Waals surface area contributed by atoms with E-state index in [9.17, 15) is 19.6 Å². The molecule has 3 N–H and O–H groups in total. The summed E-state index contributed by atoms with van der Waals surface area (Å²) in [7, 11) is -1.69. The molecule has 1 aliphatic heterocycles. The summed E-state index contributed by atoms with van der Waals surface area (Å²) in [5.74, 6) is -0.909. The molecule has 0 saturated carbocycles. The van der Waals surface area contributed by atoms with Crippen molar-refractivity contribution in [2.45, 2.75) is 12.4 Å². The second-order valence-corrected chi connectivity index (χ2v) is 5.77. The van der Waals surface area contributed by atoms with Crippen molar-refractivity contribution in [3.8, 4) is 0 Å². The lowest BCUT2D eigenvalue weighted by Gasteiger charge is -2.38. The highest BCUT2D eigenvalue weighted by Crippen LogP contribution is 2.16. The van der Waals surface area contributed by atoms with E-state index < -0.39 is 19.2 Å². The van der Waals surface area contributed by atoms with Crippen molar-refractivity contribution in [1.29, 1.82) is 0 Å². The quantitative estimate of drug-likeness (QED) is 0.481. The van der Waals surface area contributed by atoms with Crippen LogP contribution < -0.4 is 5.32 Å². The van der Waals surface area contributed by atoms with E-state index in [1.165, 1.54) is 6.08 Å². The third kappa shape index (κ3) is 5.11. The summed E-state index contributed by atoms with van der Waals surface area (Å²) >= 11 is 0. The van der Waals surface area contributed by atoms with Crippen LogP contribution in [0.1, 0.15) is 5.56 Å². The normalized spacial score (nSPS) is 15.2. The van der Waals surface area contributed by atoms with Crippen LogP contribution in [0.25, 0.3) is 0 Å². The Hall–Kier alpha value is -2.32. The highest BCUT2D eigenvalue weighted by molar-refractivity contribution is 6.43. The number of hydrogen-bond acceptors (Lipinski definition) is 5. The van der Waals surface area contributed by atoms with Gasteiger partial charge in [-0.3, -0.25) is 4.79 Å². The van der Waals surface area contributed by atoms with Crippen LogP contribution >= 0.6 is 0 Å². The highest BCUT2D eigenvalue weighted by Gasteiger charge is 2.31. The molecule has 128 valence electrons. The van der Waals surface area contributed by atoms with E-state index in [1.54, 1.807) is 4.90 Å². The lowest BCUT2D eigenvalue weighted by atomic mass is 9.76. The van der Waals surface area contributed by atoms with Crippen molar-refractivity contribution in [2.75, 3.05) is 19.7 Å². The summed E-state index contributed by atoms with van der Waals surface area (Å²) in [5, 5.41) is 21.3. The molecule has 1 heterocycles. The van der Waals surface area contributed by atoms with Gasteiger partial charge in [0, 0.05) is 19.0 Å². The number of carbonyl (C=O) groups is 2. The Kier molecular flexibility index (Phi) is 6.40. The number of benzene rings is 1. The molecule has 7 nitrogen and oxygen atoms in total. The molecular weight excluding hydrogens is 311 g/mol. The summed E-state index contributed by atoms with van der Waals surface area (Å²) in [4.78, 5) is 24.7. The van der Waals surface area contributed by atoms with E-state index in [2.05, 4.69) is 11.9 Å². The Balaban J connectivity index is 1.73. The van der Waals surface area contributed by atoms with Gasteiger partial charge in [-0.1, -0.05) is 36.9 Å². The van der Waals surface area contributed by atoms with E-state index in [4.69, 9.17) is 4.74 Å². The predicted octanol–water partition coefficient (Wildman–Crippen LogP) is -0.0197. The average molecular weight is 332 g/mol. The number of rotatable bonds is 7. The molecule has 1 aromatic rings. The number of amides is 2. The fourth-order valence-electron chi connectivity index (χ4n) is 2.47. The molecule has 8 heteroatoms. The maximum absolute atomic E-state index is 11.8. The van der Waals surface area contributed by atoms with Gasteiger partial charge in [0.05, 0.1) is 12.5 Å². The third-order valence-electron chi connectivity index (χ3n) is 3.86. The van der Waals surface area contributed by atoms with Crippen molar-refractivity contribution in [1.82, 2.24) is 10.2 Å². The van der Waals surface area contributed by atoms with Crippen molar-refractivity contribution in [2.24, 2.45) is 5.92 Å². The Morgan fingerprint density at radius 1 is 1.38 bits per heavy atom. The van der Waals surface area contributed by atoms with Gasteiger partial charge in [-0.15, -0.1) is 0 Å². The molecule has 1 aliphatic rings. The number of carbonyl (C=O) groups excluding carboxylic acids is 2. The molecule has 0 spiro atoms. The fourth-order valence-corrected chi connectivity index (χ4v) is 2.47. The minimum atomic E-state index is -1.69. The van der Waals surface area contributed by atoms with E-state index in [1.807, 2.05) is 30.3 Å². The van der Waals surface area contributed by atoms with Gasteiger partial charge in [-0.2, -0.15) is 0 Å². The smallest absolute Gasteiger partial charge is 0.449 e. The molecule has 0 aliphatic carbocycles. The van der Waals surface area contributed by atoms with Gasteiger partial charge in [0.2, 0.25) is 5.91 Å². The minimum Gasteiger partial charge on any atom is -0.449 e. The van der Waals surface area contributed by atoms with Crippen LogP contribution in [0.2, 0.25) is 0 Å². The molecule has 1 atom stereocenters. The van der Waals surface area contributed by atoms with Crippen LogP contribution in [0.3, 0.4) is 0 Å². The SMILES string of the molecule is C=CC(=O)N1CC(COC(=O)NC(Cc2ccccc2)B(O)O)C1. The molecule has 1 fully saturated rings. The maximum atomic E-state index is 11.8. The number of likely N-dealkylation sites (tertiary alicyclic amines) is 1. The van der Waals surface area contributed by atoms with Crippen LogP contribution in [0.15, 0.2) is 43.0 Å². The first kappa shape index (κ1) is 18.0. The monoisotopic (exact) mass is 332 g/mol. The second kappa shape index (κ2) is 8.51. The largest absolute Gasteiger partial charge is 0.475 e. The molecule has 1 unspecified atom stereocenters. The number of ether oxygens (including phenoxy) is 1. The fraction of sp³-hybridized carbons (Fsp3) is 0.375. The Labute approximate surface area is 141 Å². The van der Waals surface area contributed by atoms with Gasteiger partial charge < -0.3 is 25.0 Å². The van der Waals surface area contributed by atoms with Crippen molar-refractivity contribution >= 4 is 19.1 Å². The van der Waals surface area contributed by atoms with Gasteiger partial charge in [0.25, 0.3) is 0 Å². The number of nitrogens with zero attached hydrogens (tertiary/aromatic N) is 1. The minimum absolute atomic E-state index is 0.0891. The van der Waals surface area contributed by atoms with Crippen LogP contribution in [0.5, 0.6) is 0 Å². The predicted molar refractivity (Wildman–Crippen MR) is 88.9 cm³/mol. The summed E-state index contributed by atoms with van der Waals surface area (Å²) in [6, 6.07) is 9.20. The summed E-state index contributed by atoms with van der Waals surface area (Å²) in [6.45, 7) is 4.63. The average Bonchev–Trinajstić information content (AvgIpc) is 2.53.